The zero-order valence-electron chi connectivity index (χ0n) is 12.6. The minimum atomic E-state index is 0.140. The average Bonchev–Trinajstić information content (AvgIpc) is 2.53. The van der Waals surface area contributed by atoms with Crippen LogP contribution in [0.15, 0.2) is 18.2 Å². The van der Waals surface area contributed by atoms with E-state index >= 15 is 0 Å². The smallest absolute Gasteiger partial charge is 0.224 e. The molecule has 0 spiro atoms. The van der Waals surface area contributed by atoms with Crippen LogP contribution in [0.2, 0.25) is 5.02 Å². The monoisotopic (exact) mass is 321 g/mol. The number of piperidine rings is 1. The number of halogens is 1. The summed E-state index contributed by atoms with van der Waals surface area (Å²) in [4.78, 5) is 13.8. The summed E-state index contributed by atoms with van der Waals surface area (Å²) >= 11 is 5.99. The van der Waals surface area contributed by atoms with Gasteiger partial charge in [-0.05, 0) is 31.0 Å². The number of ether oxygens (including phenoxy) is 1. The van der Waals surface area contributed by atoms with E-state index in [9.17, 15) is 4.79 Å². The second-order valence-electron chi connectivity index (χ2n) is 5.34. The van der Waals surface area contributed by atoms with Crippen LogP contribution in [0.4, 0.5) is 5.69 Å². The van der Waals surface area contributed by atoms with Gasteiger partial charge in [-0.3, -0.25) is 4.79 Å². The van der Waals surface area contributed by atoms with Crippen molar-refractivity contribution < 1.29 is 9.53 Å². The molecule has 1 amide bonds. The maximum Gasteiger partial charge on any atom is 0.224 e. The first-order valence-electron chi connectivity index (χ1n) is 7.37. The Bertz CT molecular complexity index is 563. The Kier molecular flexibility index (Phi) is 6.05. The third-order valence-electron chi connectivity index (χ3n) is 3.83. The normalized spacial score (nSPS) is 15.4. The van der Waals surface area contributed by atoms with E-state index in [1.54, 1.807) is 25.3 Å². The molecular formula is C16H20ClN3O2. The summed E-state index contributed by atoms with van der Waals surface area (Å²) in [7, 11) is 1.60. The minimum Gasteiger partial charge on any atom is -0.384 e. The topological polar surface area (TPSA) is 65.4 Å². The molecule has 1 saturated heterocycles. The molecule has 1 heterocycles. The van der Waals surface area contributed by atoms with E-state index < -0.39 is 0 Å². The Hall–Kier alpha value is -1.77. The number of hydrogen-bond acceptors (Lipinski definition) is 4. The molecule has 0 aliphatic carbocycles. The summed E-state index contributed by atoms with van der Waals surface area (Å²) in [6.45, 7) is 1.91. The lowest BCUT2D eigenvalue weighted by atomic mass is 10.0. The van der Waals surface area contributed by atoms with Gasteiger partial charge in [0, 0.05) is 31.3 Å². The lowest BCUT2D eigenvalue weighted by Gasteiger charge is -2.33. The van der Waals surface area contributed by atoms with Crippen molar-refractivity contribution in [3.63, 3.8) is 0 Å². The van der Waals surface area contributed by atoms with Gasteiger partial charge in [-0.2, -0.15) is 5.26 Å². The highest BCUT2D eigenvalue weighted by Crippen LogP contribution is 2.23. The van der Waals surface area contributed by atoms with Crippen LogP contribution in [0.1, 0.15) is 24.8 Å². The number of amides is 1. The molecule has 1 aromatic carbocycles. The Morgan fingerprint density at radius 1 is 1.50 bits per heavy atom. The highest BCUT2D eigenvalue weighted by atomic mass is 35.5. The Balaban J connectivity index is 1.89. The average molecular weight is 322 g/mol. The van der Waals surface area contributed by atoms with Crippen molar-refractivity contribution in [2.24, 2.45) is 0 Å². The standard InChI is InChI=1S/C16H20ClN3O2/c1-22-9-6-16(21)20-7-4-14(5-8-20)19-15-10-13(17)3-2-12(15)11-18/h2-3,10,14,19H,4-9H2,1H3. The van der Waals surface area contributed by atoms with Gasteiger partial charge in [0.25, 0.3) is 0 Å². The SMILES string of the molecule is COCCC(=O)N1CCC(Nc2cc(Cl)ccc2C#N)CC1. The van der Waals surface area contributed by atoms with Crippen LogP contribution in [0.5, 0.6) is 0 Å². The second kappa shape index (κ2) is 8.02. The molecule has 1 fully saturated rings. The second-order valence-corrected chi connectivity index (χ2v) is 5.78. The number of hydrogen-bond donors (Lipinski definition) is 1. The lowest BCUT2D eigenvalue weighted by molar-refractivity contribution is -0.133. The van der Waals surface area contributed by atoms with E-state index in [2.05, 4.69) is 11.4 Å². The van der Waals surface area contributed by atoms with Crippen LogP contribution in [0.25, 0.3) is 0 Å². The summed E-state index contributed by atoms with van der Waals surface area (Å²) in [5.41, 5.74) is 1.35. The summed E-state index contributed by atoms with van der Waals surface area (Å²) in [5, 5.41) is 13.1. The van der Waals surface area contributed by atoms with E-state index in [1.165, 1.54) is 0 Å². The first-order valence-corrected chi connectivity index (χ1v) is 7.74. The van der Waals surface area contributed by atoms with Gasteiger partial charge in [0.2, 0.25) is 5.91 Å². The quantitative estimate of drug-likeness (QED) is 0.905. The summed E-state index contributed by atoms with van der Waals surface area (Å²) < 4.78 is 4.94. The first kappa shape index (κ1) is 16.6. The van der Waals surface area contributed by atoms with Gasteiger partial charge >= 0.3 is 0 Å². The van der Waals surface area contributed by atoms with Crippen molar-refractivity contribution in [3.8, 4) is 6.07 Å². The minimum absolute atomic E-state index is 0.140. The molecule has 5 nitrogen and oxygen atoms in total. The Labute approximate surface area is 135 Å². The van der Waals surface area contributed by atoms with Crippen LogP contribution in [0.3, 0.4) is 0 Å². The number of nitrogens with zero attached hydrogens (tertiary/aromatic N) is 2. The molecule has 118 valence electrons. The van der Waals surface area contributed by atoms with Gasteiger partial charge in [0.1, 0.15) is 6.07 Å². The molecule has 6 heteroatoms. The molecule has 0 radical (unpaired) electrons. The van der Waals surface area contributed by atoms with Crippen LogP contribution in [-0.4, -0.2) is 43.7 Å². The van der Waals surface area contributed by atoms with Gasteiger partial charge in [-0.15, -0.1) is 0 Å². The number of carbonyl (C=O) groups is 1. The number of benzene rings is 1. The van der Waals surface area contributed by atoms with E-state index in [0.29, 0.717) is 23.6 Å². The summed E-state index contributed by atoms with van der Waals surface area (Å²) in [6, 6.07) is 7.61. The fourth-order valence-electron chi connectivity index (χ4n) is 2.57. The van der Waals surface area contributed by atoms with E-state index in [-0.39, 0.29) is 11.9 Å². The molecule has 0 aromatic heterocycles. The number of likely N-dealkylation sites (tertiary alicyclic amines) is 1. The molecule has 22 heavy (non-hydrogen) atoms. The fourth-order valence-corrected chi connectivity index (χ4v) is 2.75. The molecule has 1 aromatic rings. The molecular weight excluding hydrogens is 302 g/mol. The molecule has 0 unspecified atom stereocenters. The predicted octanol–water partition coefficient (Wildman–Crippen LogP) is 2.65. The first-order chi connectivity index (χ1) is 10.6. The van der Waals surface area contributed by atoms with Crippen molar-refractivity contribution in [1.82, 2.24) is 4.90 Å². The van der Waals surface area contributed by atoms with Crippen molar-refractivity contribution in [2.75, 3.05) is 32.1 Å². The van der Waals surface area contributed by atoms with Crippen molar-refractivity contribution in [3.05, 3.63) is 28.8 Å². The maximum atomic E-state index is 11.9. The largest absolute Gasteiger partial charge is 0.384 e. The maximum absolute atomic E-state index is 11.9. The van der Waals surface area contributed by atoms with E-state index in [4.69, 9.17) is 21.6 Å². The van der Waals surface area contributed by atoms with E-state index in [1.807, 2.05) is 4.90 Å². The number of carbonyl (C=O) groups excluding carboxylic acids is 1. The number of methoxy groups -OCH3 is 1. The molecule has 0 atom stereocenters. The predicted molar refractivity (Wildman–Crippen MR) is 85.9 cm³/mol. The van der Waals surface area contributed by atoms with E-state index in [0.717, 1.165) is 31.6 Å². The van der Waals surface area contributed by atoms with Crippen LogP contribution >= 0.6 is 11.6 Å². The summed E-state index contributed by atoms with van der Waals surface area (Å²) in [5.74, 6) is 0.140. The third-order valence-corrected chi connectivity index (χ3v) is 4.06. The zero-order valence-corrected chi connectivity index (χ0v) is 13.4. The molecule has 2 rings (SSSR count). The van der Waals surface area contributed by atoms with Crippen molar-refractivity contribution in [2.45, 2.75) is 25.3 Å². The molecule has 0 saturated carbocycles. The zero-order chi connectivity index (χ0) is 15.9. The van der Waals surface area contributed by atoms with Crippen LogP contribution in [0, 0.1) is 11.3 Å². The third kappa shape index (κ3) is 4.36. The number of anilines is 1. The van der Waals surface area contributed by atoms with Crippen molar-refractivity contribution in [1.29, 1.82) is 5.26 Å². The lowest BCUT2D eigenvalue weighted by Crippen LogP contribution is -2.42. The Morgan fingerprint density at radius 2 is 2.23 bits per heavy atom. The van der Waals surface area contributed by atoms with Gasteiger partial charge in [-0.25, -0.2) is 0 Å². The Morgan fingerprint density at radius 3 is 2.86 bits per heavy atom. The molecule has 1 N–H and O–H groups in total. The van der Waals surface area contributed by atoms with Gasteiger partial charge in [-0.1, -0.05) is 11.6 Å². The van der Waals surface area contributed by atoms with Gasteiger partial charge in [0.05, 0.1) is 24.3 Å². The van der Waals surface area contributed by atoms with Gasteiger partial charge in [0.15, 0.2) is 0 Å². The summed E-state index contributed by atoms with van der Waals surface area (Å²) in [6.07, 6.45) is 2.15. The molecule has 1 aliphatic heterocycles. The highest BCUT2D eigenvalue weighted by Gasteiger charge is 2.22. The fraction of sp³-hybridized carbons (Fsp3) is 0.500. The van der Waals surface area contributed by atoms with Crippen LogP contribution in [-0.2, 0) is 9.53 Å². The van der Waals surface area contributed by atoms with Crippen molar-refractivity contribution >= 4 is 23.2 Å². The number of rotatable bonds is 5. The highest BCUT2D eigenvalue weighted by molar-refractivity contribution is 6.30. The molecule has 1 aliphatic rings. The number of nitrogens with one attached hydrogen (secondary N) is 1. The van der Waals surface area contributed by atoms with Crippen LogP contribution < -0.4 is 5.32 Å². The van der Waals surface area contributed by atoms with Gasteiger partial charge < -0.3 is 15.0 Å². The number of nitriles is 1. The molecule has 0 bridgehead atoms.